The molecule has 2 atom stereocenters. The zero-order chi connectivity index (χ0) is 16.9. The lowest BCUT2D eigenvalue weighted by molar-refractivity contribution is 0.170. The fourth-order valence-corrected chi connectivity index (χ4v) is 3.18. The lowest BCUT2D eigenvalue weighted by Gasteiger charge is -2.21. The van der Waals surface area contributed by atoms with Gasteiger partial charge in [0.2, 0.25) is 0 Å². The monoisotopic (exact) mass is 328 g/mol. The molecule has 0 spiro atoms. The Kier molecular flexibility index (Phi) is 5.48. The number of hydrogen-bond acceptors (Lipinski definition) is 3. The standard InChI is InChI=1S/C20H25FN2O/c1-15(22-14-20(24)16-7-9-18(21)10-8-16)17-5-4-6-19(13-17)23-11-2-3-12-23/h4-10,13,15,20,22,24H,2-3,11-12,14H2,1H3. The first-order chi connectivity index (χ1) is 11.6. The van der Waals surface area contributed by atoms with Gasteiger partial charge in [0.15, 0.2) is 0 Å². The molecule has 1 fully saturated rings. The van der Waals surface area contributed by atoms with Gasteiger partial charge in [-0.15, -0.1) is 0 Å². The van der Waals surface area contributed by atoms with Crippen molar-refractivity contribution < 1.29 is 9.50 Å². The highest BCUT2D eigenvalue weighted by Gasteiger charge is 2.15. The van der Waals surface area contributed by atoms with E-state index >= 15 is 0 Å². The normalized spacial score (nSPS) is 17.0. The second-order valence-electron chi connectivity index (χ2n) is 6.49. The molecule has 2 aromatic carbocycles. The lowest BCUT2D eigenvalue weighted by atomic mass is 10.1. The van der Waals surface area contributed by atoms with E-state index in [9.17, 15) is 9.50 Å². The minimum Gasteiger partial charge on any atom is -0.387 e. The Morgan fingerprint density at radius 1 is 1.08 bits per heavy atom. The van der Waals surface area contributed by atoms with Crippen molar-refractivity contribution in [1.29, 1.82) is 0 Å². The molecule has 0 amide bonds. The topological polar surface area (TPSA) is 35.5 Å². The number of rotatable bonds is 6. The van der Waals surface area contributed by atoms with Crippen LogP contribution in [-0.4, -0.2) is 24.7 Å². The van der Waals surface area contributed by atoms with Gasteiger partial charge in [0.25, 0.3) is 0 Å². The van der Waals surface area contributed by atoms with Crippen LogP contribution in [0.5, 0.6) is 0 Å². The zero-order valence-corrected chi connectivity index (χ0v) is 14.1. The predicted molar refractivity (Wildman–Crippen MR) is 95.7 cm³/mol. The fourth-order valence-electron chi connectivity index (χ4n) is 3.18. The van der Waals surface area contributed by atoms with E-state index in [-0.39, 0.29) is 11.9 Å². The molecule has 128 valence electrons. The van der Waals surface area contributed by atoms with Crippen LogP contribution in [0.15, 0.2) is 48.5 Å². The van der Waals surface area contributed by atoms with Gasteiger partial charge in [-0.3, -0.25) is 0 Å². The molecule has 1 saturated heterocycles. The van der Waals surface area contributed by atoms with E-state index in [1.165, 1.54) is 36.2 Å². The van der Waals surface area contributed by atoms with Crippen molar-refractivity contribution in [3.63, 3.8) is 0 Å². The third-order valence-electron chi connectivity index (χ3n) is 4.71. The molecule has 1 aliphatic heterocycles. The highest BCUT2D eigenvalue weighted by molar-refractivity contribution is 5.49. The summed E-state index contributed by atoms with van der Waals surface area (Å²) in [6.45, 7) is 4.80. The molecule has 0 aromatic heterocycles. The third-order valence-corrected chi connectivity index (χ3v) is 4.71. The molecule has 4 heteroatoms. The van der Waals surface area contributed by atoms with Crippen LogP contribution in [0, 0.1) is 5.82 Å². The summed E-state index contributed by atoms with van der Waals surface area (Å²) < 4.78 is 13.0. The number of nitrogens with one attached hydrogen (secondary N) is 1. The molecule has 1 heterocycles. The number of nitrogens with zero attached hydrogens (tertiary/aromatic N) is 1. The molecule has 0 aliphatic carbocycles. The van der Waals surface area contributed by atoms with Crippen LogP contribution in [0.1, 0.15) is 43.0 Å². The summed E-state index contributed by atoms with van der Waals surface area (Å²) in [6, 6.07) is 14.7. The van der Waals surface area contributed by atoms with Crippen LogP contribution in [0.2, 0.25) is 0 Å². The summed E-state index contributed by atoms with van der Waals surface area (Å²) >= 11 is 0. The van der Waals surface area contributed by atoms with Crippen LogP contribution >= 0.6 is 0 Å². The average molecular weight is 328 g/mol. The van der Waals surface area contributed by atoms with Gasteiger partial charge in [-0.25, -0.2) is 4.39 Å². The van der Waals surface area contributed by atoms with Crippen molar-refractivity contribution in [2.45, 2.75) is 31.9 Å². The van der Waals surface area contributed by atoms with E-state index in [0.29, 0.717) is 6.54 Å². The maximum absolute atomic E-state index is 13.0. The molecule has 2 unspecified atom stereocenters. The number of hydrogen-bond donors (Lipinski definition) is 2. The van der Waals surface area contributed by atoms with Gasteiger partial charge < -0.3 is 15.3 Å². The second kappa shape index (κ2) is 7.77. The maximum Gasteiger partial charge on any atom is 0.123 e. The Bertz CT molecular complexity index is 653. The van der Waals surface area contributed by atoms with E-state index in [1.54, 1.807) is 12.1 Å². The molecule has 0 radical (unpaired) electrons. The highest BCUT2D eigenvalue weighted by atomic mass is 19.1. The van der Waals surface area contributed by atoms with Gasteiger partial charge in [0.1, 0.15) is 5.82 Å². The van der Waals surface area contributed by atoms with E-state index in [2.05, 4.69) is 41.4 Å². The van der Waals surface area contributed by atoms with Crippen LogP contribution in [0.4, 0.5) is 10.1 Å². The summed E-state index contributed by atoms with van der Waals surface area (Å²) in [6.07, 6.45) is 1.89. The molecule has 2 aromatic rings. The van der Waals surface area contributed by atoms with Crippen LogP contribution in [0.25, 0.3) is 0 Å². The summed E-state index contributed by atoms with van der Waals surface area (Å²) in [5.74, 6) is -0.286. The number of benzene rings is 2. The SMILES string of the molecule is CC(NCC(O)c1ccc(F)cc1)c1cccc(N2CCCC2)c1. The number of aliphatic hydroxyl groups is 1. The van der Waals surface area contributed by atoms with Gasteiger partial charge in [-0.05, 0) is 55.2 Å². The fraction of sp³-hybridized carbons (Fsp3) is 0.400. The molecule has 0 bridgehead atoms. The minimum atomic E-state index is -0.644. The van der Waals surface area contributed by atoms with Crippen molar-refractivity contribution in [3.05, 3.63) is 65.5 Å². The van der Waals surface area contributed by atoms with Crippen molar-refractivity contribution in [2.24, 2.45) is 0 Å². The zero-order valence-electron chi connectivity index (χ0n) is 14.1. The van der Waals surface area contributed by atoms with E-state index < -0.39 is 6.10 Å². The van der Waals surface area contributed by atoms with Crippen molar-refractivity contribution in [3.8, 4) is 0 Å². The summed E-state index contributed by atoms with van der Waals surface area (Å²) in [5.41, 5.74) is 3.21. The molecule has 2 N–H and O–H groups in total. The van der Waals surface area contributed by atoms with E-state index in [4.69, 9.17) is 0 Å². The summed E-state index contributed by atoms with van der Waals surface area (Å²) in [5, 5.41) is 13.6. The Balaban J connectivity index is 1.59. The smallest absolute Gasteiger partial charge is 0.123 e. The Hall–Kier alpha value is -1.91. The van der Waals surface area contributed by atoms with Gasteiger partial charge in [0, 0.05) is 31.4 Å². The Morgan fingerprint density at radius 3 is 2.50 bits per heavy atom. The quantitative estimate of drug-likeness (QED) is 0.846. The highest BCUT2D eigenvalue weighted by Crippen LogP contribution is 2.24. The van der Waals surface area contributed by atoms with Crippen LogP contribution in [-0.2, 0) is 0 Å². The number of aliphatic hydroxyl groups excluding tert-OH is 1. The summed E-state index contributed by atoms with van der Waals surface area (Å²) in [4.78, 5) is 2.42. The van der Waals surface area contributed by atoms with E-state index in [1.807, 2.05) is 0 Å². The molecule has 3 rings (SSSR count). The minimum absolute atomic E-state index is 0.141. The molecule has 0 saturated carbocycles. The number of halogens is 1. The van der Waals surface area contributed by atoms with Gasteiger partial charge >= 0.3 is 0 Å². The van der Waals surface area contributed by atoms with Gasteiger partial charge in [-0.2, -0.15) is 0 Å². The van der Waals surface area contributed by atoms with E-state index in [0.717, 1.165) is 18.7 Å². The first-order valence-electron chi connectivity index (χ1n) is 8.65. The van der Waals surface area contributed by atoms with Gasteiger partial charge in [0.05, 0.1) is 6.10 Å². The number of anilines is 1. The van der Waals surface area contributed by atoms with Crippen molar-refractivity contribution in [1.82, 2.24) is 5.32 Å². The van der Waals surface area contributed by atoms with Crippen LogP contribution in [0.3, 0.4) is 0 Å². The molecular formula is C20H25FN2O. The summed E-state index contributed by atoms with van der Waals surface area (Å²) in [7, 11) is 0. The first-order valence-corrected chi connectivity index (χ1v) is 8.65. The largest absolute Gasteiger partial charge is 0.387 e. The second-order valence-corrected chi connectivity index (χ2v) is 6.49. The molecule has 24 heavy (non-hydrogen) atoms. The van der Waals surface area contributed by atoms with Crippen LogP contribution < -0.4 is 10.2 Å². The average Bonchev–Trinajstić information content (AvgIpc) is 3.15. The predicted octanol–water partition coefficient (Wildman–Crippen LogP) is 3.81. The lowest BCUT2D eigenvalue weighted by Crippen LogP contribution is -2.25. The molecule has 3 nitrogen and oxygen atoms in total. The Labute approximate surface area is 143 Å². The van der Waals surface area contributed by atoms with Gasteiger partial charge in [-0.1, -0.05) is 24.3 Å². The van der Waals surface area contributed by atoms with Crippen molar-refractivity contribution in [2.75, 3.05) is 24.5 Å². The Morgan fingerprint density at radius 2 is 1.79 bits per heavy atom. The first kappa shape index (κ1) is 16.9. The third kappa shape index (κ3) is 4.13. The molecule has 1 aliphatic rings. The maximum atomic E-state index is 13.0. The van der Waals surface area contributed by atoms with Crippen molar-refractivity contribution >= 4 is 5.69 Å². The molecular weight excluding hydrogens is 303 g/mol.